The highest BCUT2D eigenvalue weighted by Crippen LogP contribution is 2.15. The average molecular weight is 222 g/mol. The van der Waals surface area contributed by atoms with Crippen molar-refractivity contribution in [2.75, 3.05) is 20.7 Å². The Bertz CT molecular complexity index is 315. The minimum absolute atomic E-state index is 0.510. The monoisotopic (exact) mass is 222 g/mol. The summed E-state index contributed by atoms with van der Waals surface area (Å²) in [7, 11) is 3.82. The Morgan fingerprint density at radius 3 is 2.81 bits per heavy atom. The van der Waals surface area contributed by atoms with Crippen molar-refractivity contribution in [1.82, 2.24) is 4.90 Å². The SMILES string of the molecule is COc1cccc(CN(C)C(C)CCN)c1. The number of nitrogens with zero attached hydrogens (tertiary/aromatic N) is 1. The zero-order chi connectivity index (χ0) is 12.0. The van der Waals surface area contributed by atoms with Crippen molar-refractivity contribution in [2.24, 2.45) is 5.73 Å². The van der Waals surface area contributed by atoms with E-state index in [0.717, 1.165) is 25.3 Å². The summed E-state index contributed by atoms with van der Waals surface area (Å²) in [4.78, 5) is 2.31. The summed E-state index contributed by atoms with van der Waals surface area (Å²) >= 11 is 0. The van der Waals surface area contributed by atoms with E-state index in [-0.39, 0.29) is 0 Å². The van der Waals surface area contributed by atoms with Crippen molar-refractivity contribution in [3.05, 3.63) is 29.8 Å². The third-order valence-corrected chi connectivity index (χ3v) is 2.90. The van der Waals surface area contributed by atoms with Crippen LogP contribution in [0.25, 0.3) is 0 Å². The lowest BCUT2D eigenvalue weighted by atomic mass is 10.1. The zero-order valence-corrected chi connectivity index (χ0v) is 10.4. The van der Waals surface area contributed by atoms with Crippen LogP contribution in [0.4, 0.5) is 0 Å². The van der Waals surface area contributed by atoms with E-state index in [2.05, 4.69) is 31.0 Å². The van der Waals surface area contributed by atoms with E-state index < -0.39 is 0 Å². The van der Waals surface area contributed by atoms with Crippen LogP contribution in [0.3, 0.4) is 0 Å². The van der Waals surface area contributed by atoms with Crippen molar-refractivity contribution in [3.8, 4) is 5.75 Å². The van der Waals surface area contributed by atoms with Crippen molar-refractivity contribution >= 4 is 0 Å². The topological polar surface area (TPSA) is 38.5 Å². The van der Waals surface area contributed by atoms with Crippen LogP contribution in [0.1, 0.15) is 18.9 Å². The summed E-state index contributed by atoms with van der Waals surface area (Å²) in [6.07, 6.45) is 1.03. The largest absolute Gasteiger partial charge is 0.497 e. The molecule has 0 fully saturated rings. The third-order valence-electron chi connectivity index (χ3n) is 2.90. The molecular formula is C13H22N2O. The predicted molar refractivity (Wildman–Crippen MR) is 67.6 cm³/mol. The Kier molecular flexibility index (Phi) is 5.29. The van der Waals surface area contributed by atoms with Crippen molar-refractivity contribution in [1.29, 1.82) is 0 Å². The van der Waals surface area contributed by atoms with E-state index >= 15 is 0 Å². The lowest BCUT2D eigenvalue weighted by Gasteiger charge is -2.24. The van der Waals surface area contributed by atoms with Gasteiger partial charge in [-0.25, -0.2) is 0 Å². The Morgan fingerprint density at radius 2 is 2.19 bits per heavy atom. The van der Waals surface area contributed by atoms with E-state index in [1.54, 1.807) is 7.11 Å². The zero-order valence-electron chi connectivity index (χ0n) is 10.4. The number of rotatable bonds is 6. The fourth-order valence-electron chi connectivity index (χ4n) is 1.68. The Labute approximate surface area is 98.2 Å². The first kappa shape index (κ1) is 13.0. The highest BCUT2D eigenvalue weighted by molar-refractivity contribution is 5.28. The van der Waals surface area contributed by atoms with Gasteiger partial charge in [-0.1, -0.05) is 12.1 Å². The molecule has 0 aromatic heterocycles. The molecular weight excluding hydrogens is 200 g/mol. The van der Waals surface area contributed by atoms with Gasteiger partial charge in [0.2, 0.25) is 0 Å². The number of hydrogen-bond donors (Lipinski definition) is 1. The lowest BCUT2D eigenvalue weighted by molar-refractivity contribution is 0.240. The number of methoxy groups -OCH3 is 1. The number of hydrogen-bond acceptors (Lipinski definition) is 3. The molecule has 0 aliphatic carbocycles. The molecule has 0 amide bonds. The Morgan fingerprint density at radius 1 is 1.44 bits per heavy atom. The maximum Gasteiger partial charge on any atom is 0.119 e. The summed E-state index contributed by atoms with van der Waals surface area (Å²) in [5, 5.41) is 0. The molecule has 1 atom stereocenters. The summed E-state index contributed by atoms with van der Waals surface area (Å²) in [6, 6.07) is 8.69. The second-order valence-corrected chi connectivity index (χ2v) is 4.19. The van der Waals surface area contributed by atoms with Crippen molar-refractivity contribution < 1.29 is 4.74 Å². The van der Waals surface area contributed by atoms with Gasteiger partial charge in [-0.05, 0) is 44.6 Å². The number of ether oxygens (including phenoxy) is 1. The van der Waals surface area contributed by atoms with Crippen LogP contribution < -0.4 is 10.5 Å². The van der Waals surface area contributed by atoms with Gasteiger partial charge in [0.1, 0.15) is 5.75 Å². The fraction of sp³-hybridized carbons (Fsp3) is 0.538. The molecule has 0 saturated carbocycles. The van der Waals surface area contributed by atoms with Gasteiger partial charge in [-0.2, -0.15) is 0 Å². The van der Waals surface area contributed by atoms with Crippen LogP contribution in [0, 0.1) is 0 Å². The molecule has 90 valence electrons. The molecule has 1 aromatic carbocycles. The van der Waals surface area contributed by atoms with Crippen molar-refractivity contribution in [3.63, 3.8) is 0 Å². The van der Waals surface area contributed by atoms with E-state index in [1.807, 2.05) is 12.1 Å². The van der Waals surface area contributed by atoms with Crippen LogP contribution in [0.5, 0.6) is 5.75 Å². The molecule has 0 aliphatic heterocycles. The van der Waals surface area contributed by atoms with Gasteiger partial charge in [0.05, 0.1) is 7.11 Å². The van der Waals surface area contributed by atoms with Gasteiger partial charge in [0, 0.05) is 12.6 Å². The molecule has 0 spiro atoms. The first-order chi connectivity index (χ1) is 7.67. The maximum absolute atomic E-state index is 5.56. The second-order valence-electron chi connectivity index (χ2n) is 4.19. The molecule has 3 nitrogen and oxygen atoms in total. The van der Waals surface area contributed by atoms with Gasteiger partial charge in [0.25, 0.3) is 0 Å². The highest BCUT2D eigenvalue weighted by atomic mass is 16.5. The van der Waals surface area contributed by atoms with E-state index in [9.17, 15) is 0 Å². The number of benzene rings is 1. The first-order valence-corrected chi connectivity index (χ1v) is 5.70. The van der Waals surface area contributed by atoms with Gasteiger partial charge in [0.15, 0.2) is 0 Å². The number of nitrogens with two attached hydrogens (primary N) is 1. The van der Waals surface area contributed by atoms with Crippen molar-refractivity contribution in [2.45, 2.75) is 25.9 Å². The highest BCUT2D eigenvalue weighted by Gasteiger charge is 2.08. The van der Waals surface area contributed by atoms with Crippen LogP contribution in [0.2, 0.25) is 0 Å². The molecule has 3 heteroatoms. The van der Waals surface area contributed by atoms with Gasteiger partial charge in [-0.15, -0.1) is 0 Å². The van der Waals surface area contributed by atoms with Crippen LogP contribution in [0.15, 0.2) is 24.3 Å². The molecule has 2 N–H and O–H groups in total. The van der Waals surface area contributed by atoms with Gasteiger partial charge in [-0.3, -0.25) is 4.90 Å². The van der Waals surface area contributed by atoms with E-state index in [4.69, 9.17) is 10.5 Å². The van der Waals surface area contributed by atoms with Crippen LogP contribution in [-0.4, -0.2) is 31.6 Å². The normalized spacial score (nSPS) is 12.8. The standard InChI is InChI=1S/C13H22N2O/c1-11(7-8-14)15(2)10-12-5-4-6-13(9-12)16-3/h4-6,9,11H,7-8,10,14H2,1-3H3. The van der Waals surface area contributed by atoms with Crippen LogP contribution >= 0.6 is 0 Å². The quantitative estimate of drug-likeness (QED) is 0.798. The minimum Gasteiger partial charge on any atom is -0.497 e. The molecule has 0 saturated heterocycles. The predicted octanol–water partition coefficient (Wildman–Crippen LogP) is 1.86. The van der Waals surface area contributed by atoms with Gasteiger partial charge >= 0.3 is 0 Å². The summed E-state index contributed by atoms with van der Waals surface area (Å²) in [6.45, 7) is 3.87. The third kappa shape index (κ3) is 3.83. The average Bonchev–Trinajstić information content (AvgIpc) is 2.29. The molecule has 1 rings (SSSR count). The first-order valence-electron chi connectivity index (χ1n) is 5.70. The molecule has 0 aliphatic rings. The van der Waals surface area contributed by atoms with Crippen LogP contribution in [-0.2, 0) is 6.54 Å². The maximum atomic E-state index is 5.56. The molecule has 1 unspecified atom stereocenters. The Balaban J connectivity index is 2.58. The Hall–Kier alpha value is -1.06. The molecule has 0 bridgehead atoms. The molecule has 0 heterocycles. The van der Waals surface area contributed by atoms with E-state index in [0.29, 0.717) is 6.04 Å². The minimum atomic E-state index is 0.510. The molecule has 0 radical (unpaired) electrons. The van der Waals surface area contributed by atoms with Gasteiger partial charge < -0.3 is 10.5 Å². The lowest BCUT2D eigenvalue weighted by Crippen LogP contribution is -2.30. The van der Waals surface area contributed by atoms with E-state index in [1.165, 1.54) is 5.56 Å². The second kappa shape index (κ2) is 6.51. The fourth-order valence-corrected chi connectivity index (χ4v) is 1.68. The summed E-state index contributed by atoms with van der Waals surface area (Å²) < 4.78 is 5.21. The molecule has 1 aromatic rings. The molecule has 16 heavy (non-hydrogen) atoms. The summed E-state index contributed by atoms with van der Waals surface area (Å²) in [5.41, 5.74) is 6.83. The smallest absolute Gasteiger partial charge is 0.119 e. The summed E-state index contributed by atoms with van der Waals surface area (Å²) in [5.74, 6) is 0.914.